The van der Waals surface area contributed by atoms with Crippen LogP contribution in [0.3, 0.4) is 0 Å². The second-order valence-corrected chi connectivity index (χ2v) is 16.2. The molecule has 0 bridgehead atoms. The summed E-state index contributed by atoms with van der Waals surface area (Å²) in [5, 5.41) is 23.5. The van der Waals surface area contributed by atoms with Gasteiger partial charge in [-0.25, -0.2) is 4.79 Å². The van der Waals surface area contributed by atoms with E-state index in [2.05, 4.69) is 21.3 Å². The summed E-state index contributed by atoms with van der Waals surface area (Å²) in [4.78, 5) is 95.7. The van der Waals surface area contributed by atoms with Gasteiger partial charge in [0.25, 0.3) is 0 Å². The lowest BCUT2D eigenvalue weighted by Gasteiger charge is -2.45. The molecule has 1 aliphatic rings. The number of aliphatic hydroxyl groups is 1. The van der Waals surface area contributed by atoms with Crippen LogP contribution in [0.15, 0.2) is 60.7 Å². The first-order valence-electron chi connectivity index (χ1n) is 20.6. The zero-order chi connectivity index (χ0) is 44.7. The molecule has 1 aliphatic carbocycles. The van der Waals surface area contributed by atoms with Crippen LogP contribution in [-0.4, -0.2) is 107 Å². The highest BCUT2D eigenvalue weighted by molar-refractivity contribution is 6.02. The van der Waals surface area contributed by atoms with Gasteiger partial charge in [0.05, 0.1) is 26.4 Å². The third-order valence-corrected chi connectivity index (χ3v) is 11.0. The number of nitrogens with zero attached hydrogens (tertiary/aromatic N) is 1. The molecule has 2 aromatic carbocycles. The average molecular weight is 837 g/mol. The minimum atomic E-state index is -2.08. The van der Waals surface area contributed by atoms with Gasteiger partial charge < -0.3 is 41.6 Å². The van der Waals surface area contributed by atoms with E-state index in [1.165, 1.54) is 21.0 Å². The van der Waals surface area contributed by atoms with Crippen LogP contribution < -0.4 is 27.0 Å². The van der Waals surface area contributed by atoms with E-state index >= 15 is 0 Å². The third-order valence-electron chi connectivity index (χ3n) is 11.0. The van der Waals surface area contributed by atoms with Crippen molar-refractivity contribution in [3.8, 4) is 0 Å². The Balaban J connectivity index is 1.91. The topological polar surface area (TPSA) is 236 Å². The van der Waals surface area contributed by atoms with Crippen molar-refractivity contribution >= 4 is 41.4 Å². The molecule has 0 aromatic heterocycles. The molecule has 16 heteroatoms. The summed E-state index contributed by atoms with van der Waals surface area (Å²) in [5.41, 5.74) is 5.53. The molecule has 60 heavy (non-hydrogen) atoms. The van der Waals surface area contributed by atoms with Crippen molar-refractivity contribution in [2.75, 3.05) is 13.7 Å². The van der Waals surface area contributed by atoms with E-state index in [1.54, 1.807) is 58.0 Å². The monoisotopic (exact) mass is 836 g/mol. The van der Waals surface area contributed by atoms with Crippen molar-refractivity contribution < 1.29 is 48.1 Å². The van der Waals surface area contributed by atoms with Crippen LogP contribution in [-0.2, 0) is 56.1 Å². The molecule has 3 unspecified atom stereocenters. The van der Waals surface area contributed by atoms with Gasteiger partial charge in [0, 0.05) is 12.8 Å². The predicted molar refractivity (Wildman–Crippen MR) is 223 cm³/mol. The number of esters is 1. The minimum Gasteiger partial charge on any atom is -0.467 e. The van der Waals surface area contributed by atoms with Crippen molar-refractivity contribution in [3.05, 3.63) is 71.8 Å². The van der Waals surface area contributed by atoms with Crippen molar-refractivity contribution in [3.63, 3.8) is 0 Å². The van der Waals surface area contributed by atoms with E-state index in [1.807, 2.05) is 30.3 Å². The number of ether oxygens (including phenoxy) is 2. The number of aliphatic hydroxyl groups excluding tert-OH is 1. The molecule has 0 spiro atoms. The van der Waals surface area contributed by atoms with Gasteiger partial charge in [0.2, 0.25) is 35.4 Å². The number of carbonyl (C=O) groups excluding carboxylic acids is 7. The number of rotatable bonds is 21. The van der Waals surface area contributed by atoms with Crippen LogP contribution in [0.25, 0.3) is 0 Å². The third kappa shape index (κ3) is 12.9. The fourth-order valence-corrected chi connectivity index (χ4v) is 7.39. The fourth-order valence-electron chi connectivity index (χ4n) is 7.39. The highest BCUT2D eigenvalue weighted by Crippen LogP contribution is 2.31. The maximum atomic E-state index is 14.6. The molecule has 3 rings (SSSR count). The Morgan fingerprint density at radius 1 is 0.833 bits per heavy atom. The van der Waals surface area contributed by atoms with Crippen molar-refractivity contribution in [2.45, 2.75) is 129 Å². The Bertz CT molecular complexity index is 1770. The van der Waals surface area contributed by atoms with E-state index in [0.29, 0.717) is 23.3 Å². The van der Waals surface area contributed by atoms with E-state index in [-0.39, 0.29) is 19.6 Å². The van der Waals surface area contributed by atoms with E-state index in [9.17, 15) is 38.7 Å². The zero-order valence-corrected chi connectivity index (χ0v) is 36.1. The lowest BCUT2D eigenvalue weighted by atomic mass is 9.75. The normalized spacial score (nSPS) is 16.9. The molecular weight excluding hydrogens is 773 g/mol. The first-order chi connectivity index (χ1) is 28.3. The minimum absolute atomic E-state index is 0.0205. The first kappa shape index (κ1) is 49.2. The number of benzene rings is 2. The van der Waals surface area contributed by atoms with Crippen LogP contribution in [0.2, 0.25) is 0 Å². The molecular formula is C44H64N6O10. The summed E-state index contributed by atoms with van der Waals surface area (Å²) in [6.07, 6.45) is 1.01. The lowest BCUT2D eigenvalue weighted by Crippen LogP contribution is -2.74. The maximum absolute atomic E-state index is 14.6. The summed E-state index contributed by atoms with van der Waals surface area (Å²) in [6, 6.07) is 11.7. The van der Waals surface area contributed by atoms with Gasteiger partial charge in [-0.15, -0.1) is 0 Å². The van der Waals surface area contributed by atoms with Crippen LogP contribution in [0.4, 0.5) is 0 Å². The highest BCUT2D eigenvalue weighted by atomic mass is 16.5. The summed E-state index contributed by atoms with van der Waals surface area (Å²) in [6.45, 7) is 10.5. The number of hydrogen-bond donors (Lipinski definition) is 6. The van der Waals surface area contributed by atoms with E-state index < -0.39 is 101 Å². The number of nitrogens with two attached hydrogens (primary N) is 1. The molecule has 1 saturated carbocycles. The SMILES string of the molecule is COC(=O)C(NC(=O)[C@@](NC(=O)C1CCCC1)(C(C)C)C(O)C(Cc1ccccc1)NC(=O)[C@H](C)NC(=O)[C@H](C)N(C(C)=O)C(=O)[C@@H](N)COCc1ccccc1)C(C)C. The van der Waals surface area contributed by atoms with Gasteiger partial charge in [-0.3, -0.25) is 33.7 Å². The smallest absolute Gasteiger partial charge is 0.328 e. The van der Waals surface area contributed by atoms with Crippen molar-refractivity contribution in [1.29, 1.82) is 0 Å². The summed E-state index contributed by atoms with van der Waals surface area (Å²) in [7, 11) is 1.19. The van der Waals surface area contributed by atoms with Gasteiger partial charge in [-0.1, -0.05) is 101 Å². The molecule has 7 N–H and O–H groups in total. The molecule has 330 valence electrons. The van der Waals surface area contributed by atoms with Crippen molar-refractivity contribution in [2.24, 2.45) is 23.5 Å². The second-order valence-electron chi connectivity index (χ2n) is 16.2. The largest absolute Gasteiger partial charge is 0.467 e. The molecule has 0 heterocycles. The van der Waals surface area contributed by atoms with Crippen LogP contribution >= 0.6 is 0 Å². The first-order valence-corrected chi connectivity index (χ1v) is 20.6. The number of methoxy groups -OCH3 is 1. The summed E-state index contributed by atoms with van der Waals surface area (Å²) >= 11 is 0. The Labute approximate surface area is 353 Å². The zero-order valence-electron chi connectivity index (χ0n) is 36.1. The summed E-state index contributed by atoms with van der Waals surface area (Å²) < 4.78 is 10.5. The number of amides is 6. The molecule has 1 fully saturated rings. The molecule has 0 saturated heterocycles. The Morgan fingerprint density at radius 2 is 1.40 bits per heavy atom. The van der Waals surface area contributed by atoms with Crippen molar-refractivity contribution in [1.82, 2.24) is 26.2 Å². The molecule has 0 radical (unpaired) electrons. The Morgan fingerprint density at radius 3 is 1.92 bits per heavy atom. The van der Waals surface area contributed by atoms with Gasteiger partial charge in [-0.2, -0.15) is 0 Å². The fraction of sp³-hybridized carbons (Fsp3) is 0.568. The van der Waals surface area contributed by atoms with Gasteiger partial charge in [0.1, 0.15) is 35.8 Å². The van der Waals surface area contributed by atoms with Gasteiger partial charge in [-0.05, 0) is 56.1 Å². The van der Waals surface area contributed by atoms with E-state index in [0.717, 1.165) is 25.3 Å². The number of carbonyl (C=O) groups is 7. The Kier molecular flexibility index (Phi) is 18.8. The Hall–Kier alpha value is -5.19. The van der Waals surface area contributed by atoms with Gasteiger partial charge in [0.15, 0.2) is 0 Å². The number of hydrogen-bond acceptors (Lipinski definition) is 11. The number of imide groups is 1. The van der Waals surface area contributed by atoms with Crippen LogP contribution in [0.1, 0.15) is 85.3 Å². The van der Waals surface area contributed by atoms with Crippen LogP contribution in [0, 0.1) is 17.8 Å². The molecule has 0 aliphatic heterocycles. The lowest BCUT2D eigenvalue weighted by molar-refractivity contribution is -0.152. The molecule has 2 aromatic rings. The highest BCUT2D eigenvalue weighted by Gasteiger charge is 2.54. The molecule has 7 atom stereocenters. The quantitative estimate of drug-likeness (QED) is 0.0994. The maximum Gasteiger partial charge on any atom is 0.328 e. The summed E-state index contributed by atoms with van der Waals surface area (Å²) in [5.74, 6) is -6.87. The molecule has 16 nitrogen and oxygen atoms in total. The standard InChI is InChI=1S/C44H64N6O10/c1-26(2)36(42(57)59-8)48-43(58)44(27(3)4,49-40(55)33-21-15-16-22-33)37(52)35(23-31-17-11-9-12-18-31)47-38(53)28(5)46-39(54)29(6)50(30(7)51)41(56)34(45)25-60-24-32-19-13-10-14-20-32/h9-14,17-20,26-29,33-37,52H,15-16,21-25,45H2,1-8H3,(H,46,54)(H,47,53)(H,48,58)(H,49,55)/t28-,29-,34-,35?,36?,37?,44+/m0/s1. The second kappa shape index (κ2) is 23.0. The van der Waals surface area contributed by atoms with E-state index in [4.69, 9.17) is 15.2 Å². The predicted octanol–water partition coefficient (Wildman–Crippen LogP) is 1.90. The molecule has 6 amide bonds. The number of nitrogens with one attached hydrogen (secondary N) is 4. The average Bonchev–Trinajstić information content (AvgIpc) is 3.77. The van der Waals surface area contributed by atoms with Crippen LogP contribution in [0.5, 0.6) is 0 Å². The van der Waals surface area contributed by atoms with Gasteiger partial charge >= 0.3 is 5.97 Å².